The lowest BCUT2D eigenvalue weighted by atomic mass is 10.1. The first kappa shape index (κ1) is 15.9. The van der Waals surface area contributed by atoms with Crippen molar-refractivity contribution in [3.63, 3.8) is 0 Å². The third-order valence-corrected chi connectivity index (χ3v) is 4.51. The lowest BCUT2D eigenvalue weighted by molar-refractivity contribution is -0.384. The van der Waals surface area contributed by atoms with Crippen LogP contribution in [0, 0.1) is 10.1 Å². The van der Waals surface area contributed by atoms with E-state index in [4.69, 9.17) is 10.2 Å². The van der Waals surface area contributed by atoms with Gasteiger partial charge in [0, 0.05) is 25.1 Å². The summed E-state index contributed by atoms with van der Waals surface area (Å²) < 4.78 is 22.6. The molecule has 1 fully saturated rings. The number of hydrogen-bond donors (Lipinski definition) is 2. The molecule has 1 amide bonds. The second kappa shape index (κ2) is 5.35. The molecule has 1 aliphatic rings. The fourth-order valence-corrected chi connectivity index (χ4v) is 2.90. The molecule has 11 heteroatoms. The molecule has 0 bridgehead atoms. The minimum Gasteiger partial charge on any atom is -0.478 e. The Morgan fingerprint density at radius 2 is 2.09 bits per heavy atom. The Labute approximate surface area is 124 Å². The summed E-state index contributed by atoms with van der Waals surface area (Å²) in [4.78, 5) is 34.0. The number of carbonyl (C=O) groups excluding carboxylic acids is 1. The van der Waals surface area contributed by atoms with Crippen molar-refractivity contribution in [1.29, 1.82) is 0 Å². The average molecular weight is 329 g/mol. The monoisotopic (exact) mass is 329 g/mol. The van der Waals surface area contributed by atoms with Crippen LogP contribution in [0.4, 0.5) is 11.4 Å². The standard InChI is InChI=1S/C11H11N3O7S/c12-22(20,21)7-4-10(15)13(5-7)9-2-1-6(14(18)19)3-8(9)11(16)17/h1-3,7H,4-5H2,(H,16,17)(H2,12,20,21). The molecule has 3 N–H and O–H groups in total. The van der Waals surface area contributed by atoms with E-state index in [1.165, 1.54) is 0 Å². The number of benzene rings is 1. The molecule has 0 spiro atoms. The molecule has 1 aromatic carbocycles. The summed E-state index contributed by atoms with van der Waals surface area (Å²) >= 11 is 0. The van der Waals surface area contributed by atoms with Gasteiger partial charge in [-0.05, 0) is 6.07 Å². The molecule has 1 atom stereocenters. The van der Waals surface area contributed by atoms with Crippen LogP contribution in [0.5, 0.6) is 0 Å². The number of rotatable bonds is 4. The van der Waals surface area contributed by atoms with Crippen LogP contribution >= 0.6 is 0 Å². The summed E-state index contributed by atoms with van der Waals surface area (Å²) in [6.07, 6.45) is -0.366. The first-order chi connectivity index (χ1) is 10.1. The first-order valence-corrected chi connectivity index (χ1v) is 7.56. The maximum absolute atomic E-state index is 11.9. The summed E-state index contributed by atoms with van der Waals surface area (Å²) in [5.41, 5.74) is -1.01. The number of primary sulfonamides is 1. The lowest BCUT2D eigenvalue weighted by Crippen LogP contribution is -2.32. The Morgan fingerprint density at radius 1 is 1.45 bits per heavy atom. The van der Waals surface area contributed by atoms with Gasteiger partial charge in [-0.1, -0.05) is 0 Å². The highest BCUT2D eigenvalue weighted by molar-refractivity contribution is 7.89. The number of anilines is 1. The molecule has 0 saturated carbocycles. The zero-order valence-corrected chi connectivity index (χ0v) is 11.8. The normalized spacial score (nSPS) is 18.5. The minimum absolute atomic E-state index is 0.103. The van der Waals surface area contributed by atoms with Crippen LogP contribution in [0.1, 0.15) is 16.8 Å². The Bertz CT molecular complexity index is 774. The van der Waals surface area contributed by atoms with Gasteiger partial charge in [-0.25, -0.2) is 18.4 Å². The Morgan fingerprint density at radius 3 is 2.55 bits per heavy atom. The molecule has 10 nitrogen and oxygen atoms in total. The van der Waals surface area contributed by atoms with E-state index < -0.39 is 43.3 Å². The van der Waals surface area contributed by atoms with Gasteiger partial charge in [-0.3, -0.25) is 14.9 Å². The van der Waals surface area contributed by atoms with Crippen LogP contribution < -0.4 is 10.0 Å². The number of nitrogens with two attached hydrogens (primary N) is 1. The van der Waals surface area contributed by atoms with Crippen LogP contribution in [-0.2, 0) is 14.8 Å². The van der Waals surface area contributed by atoms with E-state index in [-0.39, 0.29) is 18.7 Å². The van der Waals surface area contributed by atoms with Gasteiger partial charge in [0.1, 0.15) is 5.25 Å². The molecule has 118 valence electrons. The molecule has 1 aromatic rings. The molecular weight excluding hydrogens is 318 g/mol. The van der Waals surface area contributed by atoms with Gasteiger partial charge in [0.25, 0.3) is 5.69 Å². The van der Waals surface area contributed by atoms with Crippen molar-refractivity contribution in [3.8, 4) is 0 Å². The van der Waals surface area contributed by atoms with E-state index in [0.717, 1.165) is 23.1 Å². The van der Waals surface area contributed by atoms with Crippen LogP contribution in [0.2, 0.25) is 0 Å². The molecule has 1 unspecified atom stereocenters. The maximum Gasteiger partial charge on any atom is 0.338 e. The Hall–Kier alpha value is -2.53. The second-order valence-electron chi connectivity index (χ2n) is 4.68. The topological polar surface area (TPSA) is 161 Å². The molecule has 1 aliphatic heterocycles. The van der Waals surface area contributed by atoms with Crippen molar-refractivity contribution in [3.05, 3.63) is 33.9 Å². The average Bonchev–Trinajstić information content (AvgIpc) is 2.79. The van der Waals surface area contributed by atoms with E-state index in [9.17, 15) is 28.1 Å². The summed E-state index contributed by atoms with van der Waals surface area (Å²) in [5.74, 6) is -2.08. The minimum atomic E-state index is -3.95. The number of hydrogen-bond acceptors (Lipinski definition) is 6. The molecule has 0 aliphatic carbocycles. The molecule has 1 heterocycles. The van der Waals surface area contributed by atoms with Crippen LogP contribution in [-0.4, -0.2) is 42.1 Å². The fraction of sp³-hybridized carbons (Fsp3) is 0.273. The van der Waals surface area contributed by atoms with Crippen molar-refractivity contribution in [2.24, 2.45) is 5.14 Å². The van der Waals surface area contributed by atoms with E-state index >= 15 is 0 Å². The zero-order chi connectivity index (χ0) is 16.7. The summed E-state index contributed by atoms with van der Waals surface area (Å²) in [6, 6.07) is 2.96. The zero-order valence-electron chi connectivity index (χ0n) is 11.0. The van der Waals surface area contributed by atoms with Crippen LogP contribution in [0.15, 0.2) is 18.2 Å². The first-order valence-electron chi connectivity index (χ1n) is 5.95. The Balaban J connectivity index is 2.47. The highest BCUT2D eigenvalue weighted by atomic mass is 32.2. The molecular formula is C11H11N3O7S. The lowest BCUT2D eigenvalue weighted by Gasteiger charge is -2.18. The van der Waals surface area contributed by atoms with Gasteiger partial charge in [0.15, 0.2) is 0 Å². The SMILES string of the molecule is NS(=O)(=O)C1CC(=O)N(c2ccc([N+](=O)[O-])cc2C(=O)O)C1. The van der Waals surface area contributed by atoms with Gasteiger partial charge in [-0.2, -0.15) is 0 Å². The predicted molar refractivity (Wildman–Crippen MR) is 73.9 cm³/mol. The third kappa shape index (κ3) is 2.89. The van der Waals surface area contributed by atoms with Crippen molar-refractivity contribution >= 4 is 33.3 Å². The van der Waals surface area contributed by atoms with Gasteiger partial charge in [0.2, 0.25) is 15.9 Å². The molecule has 0 aromatic heterocycles. The summed E-state index contributed by atoms with van der Waals surface area (Å²) in [7, 11) is -3.95. The number of nitrogens with zero attached hydrogens (tertiary/aromatic N) is 2. The second-order valence-corrected chi connectivity index (χ2v) is 6.53. The largest absolute Gasteiger partial charge is 0.478 e. The van der Waals surface area contributed by atoms with Crippen LogP contribution in [0.25, 0.3) is 0 Å². The van der Waals surface area contributed by atoms with Gasteiger partial charge in [-0.15, -0.1) is 0 Å². The number of sulfonamides is 1. The maximum atomic E-state index is 11.9. The number of carboxylic acid groups (broad SMARTS) is 1. The number of aromatic carboxylic acids is 1. The van der Waals surface area contributed by atoms with E-state index in [2.05, 4.69) is 0 Å². The predicted octanol–water partition coefficient (Wildman–Crippen LogP) is -0.313. The van der Waals surface area contributed by atoms with E-state index in [0.29, 0.717) is 0 Å². The highest BCUT2D eigenvalue weighted by Crippen LogP contribution is 2.30. The quantitative estimate of drug-likeness (QED) is 0.565. The van der Waals surface area contributed by atoms with Crippen LogP contribution in [0.3, 0.4) is 0 Å². The Kier molecular flexibility index (Phi) is 3.85. The molecule has 22 heavy (non-hydrogen) atoms. The number of non-ortho nitro benzene ring substituents is 1. The number of nitro groups is 1. The smallest absolute Gasteiger partial charge is 0.338 e. The van der Waals surface area contributed by atoms with Crippen molar-refractivity contribution in [2.75, 3.05) is 11.4 Å². The number of carbonyl (C=O) groups is 2. The van der Waals surface area contributed by atoms with Gasteiger partial charge < -0.3 is 10.0 Å². The van der Waals surface area contributed by atoms with Crippen molar-refractivity contribution in [1.82, 2.24) is 0 Å². The number of nitro benzene ring substituents is 1. The summed E-state index contributed by atoms with van der Waals surface area (Å²) in [5, 5.41) is 23.7. The molecule has 1 saturated heterocycles. The highest BCUT2D eigenvalue weighted by Gasteiger charge is 2.38. The summed E-state index contributed by atoms with van der Waals surface area (Å²) in [6.45, 7) is -0.296. The van der Waals surface area contributed by atoms with Crippen molar-refractivity contribution in [2.45, 2.75) is 11.7 Å². The van der Waals surface area contributed by atoms with E-state index in [1.807, 2.05) is 0 Å². The van der Waals surface area contributed by atoms with Gasteiger partial charge >= 0.3 is 5.97 Å². The molecule has 2 rings (SSSR count). The number of amides is 1. The fourth-order valence-electron chi connectivity index (χ4n) is 2.17. The van der Waals surface area contributed by atoms with Gasteiger partial charge in [0.05, 0.1) is 16.2 Å². The number of carboxylic acids is 1. The third-order valence-electron chi connectivity index (χ3n) is 3.27. The van der Waals surface area contributed by atoms with E-state index in [1.54, 1.807) is 0 Å². The molecule has 0 radical (unpaired) electrons. The van der Waals surface area contributed by atoms with Crippen molar-refractivity contribution < 1.29 is 28.0 Å².